The molecule has 108 valence electrons. The summed E-state index contributed by atoms with van der Waals surface area (Å²) in [6, 6.07) is 11.9. The van der Waals surface area contributed by atoms with Crippen molar-refractivity contribution >= 4 is 17.1 Å². The fraction of sp³-hybridized carbons (Fsp3) is 0.0714. The number of nitrogens with two attached hydrogens (primary N) is 1. The molecule has 0 aliphatic heterocycles. The zero-order chi connectivity index (χ0) is 15.5. The molecule has 2 rings (SSSR count). The zero-order valence-electron chi connectivity index (χ0n) is 10.6. The third-order valence-corrected chi connectivity index (χ3v) is 2.56. The molecule has 0 amide bonds. The van der Waals surface area contributed by atoms with Crippen LogP contribution in [0, 0.1) is 11.3 Å². The second kappa shape index (κ2) is 5.63. The highest BCUT2D eigenvalue weighted by atomic mass is 19.4. The van der Waals surface area contributed by atoms with Gasteiger partial charge in [0.2, 0.25) is 0 Å². The van der Waals surface area contributed by atoms with Crippen molar-refractivity contribution in [1.29, 1.82) is 5.26 Å². The molecule has 0 aromatic heterocycles. The number of nitriles is 1. The molecule has 7 heteroatoms. The normalized spacial score (nSPS) is 10.8. The van der Waals surface area contributed by atoms with E-state index in [4.69, 9.17) is 11.0 Å². The molecular weight excluding hydrogens is 283 g/mol. The van der Waals surface area contributed by atoms with E-state index < -0.39 is 6.36 Å². The van der Waals surface area contributed by atoms with Gasteiger partial charge < -0.3 is 15.8 Å². The third kappa shape index (κ3) is 3.79. The highest BCUT2D eigenvalue weighted by molar-refractivity contribution is 5.76. The molecule has 2 aromatic carbocycles. The Hall–Kier alpha value is -2.88. The van der Waals surface area contributed by atoms with Crippen LogP contribution >= 0.6 is 0 Å². The van der Waals surface area contributed by atoms with E-state index in [1.165, 1.54) is 36.4 Å². The number of alkyl halides is 3. The quantitative estimate of drug-likeness (QED) is 0.845. The van der Waals surface area contributed by atoms with Crippen LogP contribution in [0.15, 0.2) is 42.5 Å². The number of nitrogen functional groups attached to an aromatic ring is 1. The van der Waals surface area contributed by atoms with Crippen LogP contribution < -0.4 is 15.8 Å². The van der Waals surface area contributed by atoms with Crippen LogP contribution in [0.4, 0.5) is 30.2 Å². The van der Waals surface area contributed by atoms with E-state index in [1.54, 1.807) is 6.07 Å². The largest absolute Gasteiger partial charge is 0.573 e. The number of anilines is 3. The summed E-state index contributed by atoms with van der Waals surface area (Å²) >= 11 is 0. The minimum absolute atomic E-state index is 0.0941. The number of rotatable bonds is 3. The molecule has 0 heterocycles. The van der Waals surface area contributed by atoms with Gasteiger partial charge in [0.25, 0.3) is 0 Å². The smallest absolute Gasteiger partial charge is 0.404 e. The predicted molar refractivity (Wildman–Crippen MR) is 72.0 cm³/mol. The van der Waals surface area contributed by atoms with E-state index >= 15 is 0 Å². The first-order valence-electron chi connectivity index (χ1n) is 5.80. The van der Waals surface area contributed by atoms with Crippen LogP contribution in [0.5, 0.6) is 5.75 Å². The van der Waals surface area contributed by atoms with Gasteiger partial charge in [-0.05, 0) is 30.3 Å². The molecule has 0 radical (unpaired) electrons. The molecule has 0 bridgehead atoms. The third-order valence-electron chi connectivity index (χ3n) is 2.56. The number of nitrogens with zero attached hydrogens (tertiary/aromatic N) is 1. The first kappa shape index (κ1) is 14.5. The highest BCUT2D eigenvalue weighted by Gasteiger charge is 2.32. The van der Waals surface area contributed by atoms with Crippen molar-refractivity contribution in [2.45, 2.75) is 6.36 Å². The summed E-state index contributed by atoms with van der Waals surface area (Å²) in [6.07, 6.45) is -4.79. The van der Waals surface area contributed by atoms with Crippen LogP contribution in [-0.4, -0.2) is 6.36 Å². The molecule has 0 atom stereocenters. The van der Waals surface area contributed by atoms with E-state index in [2.05, 4.69) is 10.1 Å². The van der Waals surface area contributed by atoms with Crippen molar-refractivity contribution in [1.82, 2.24) is 0 Å². The van der Waals surface area contributed by atoms with Crippen LogP contribution in [0.25, 0.3) is 0 Å². The van der Waals surface area contributed by atoms with Crippen LogP contribution in [0.1, 0.15) is 5.56 Å². The summed E-state index contributed by atoms with van der Waals surface area (Å²) in [7, 11) is 0. The van der Waals surface area contributed by atoms with Crippen molar-refractivity contribution in [3.8, 4) is 11.8 Å². The number of halogens is 3. The lowest BCUT2D eigenvalue weighted by atomic mass is 10.2. The van der Waals surface area contributed by atoms with Gasteiger partial charge in [0, 0.05) is 0 Å². The van der Waals surface area contributed by atoms with E-state index in [-0.39, 0.29) is 11.4 Å². The van der Waals surface area contributed by atoms with E-state index in [1.807, 2.05) is 6.07 Å². The molecule has 0 saturated carbocycles. The van der Waals surface area contributed by atoms with E-state index in [9.17, 15) is 13.2 Å². The Bertz CT molecular complexity index is 693. The Kier molecular flexibility index (Phi) is 3.89. The number of ether oxygens (including phenoxy) is 1. The first-order valence-corrected chi connectivity index (χ1v) is 5.80. The average Bonchev–Trinajstić information content (AvgIpc) is 2.42. The monoisotopic (exact) mass is 293 g/mol. The van der Waals surface area contributed by atoms with Gasteiger partial charge in [0.1, 0.15) is 0 Å². The molecule has 3 N–H and O–H groups in total. The fourth-order valence-corrected chi connectivity index (χ4v) is 1.66. The molecule has 0 aliphatic rings. The lowest BCUT2D eigenvalue weighted by Crippen LogP contribution is -2.17. The average molecular weight is 293 g/mol. The number of para-hydroxylation sites is 2. The number of hydrogen-bond donors (Lipinski definition) is 2. The van der Waals surface area contributed by atoms with Gasteiger partial charge in [-0.3, -0.25) is 0 Å². The number of nitrogens with one attached hydrogen (secondary N) is 1. The standard InChI is InChI=1S/C14H10F3N3O/c15-14(16,17)21-13-4-2-1-3-11(13)20-12-7-9(8-18)5-6-10(12)19/h1-7,20H,19H2. The SMILES string of the molecule is N#Cc1ccc(N)c(Nc2ccccc2OC(F)(F)F)c1. The molecule has 0 unspecified atom stereocenters. The van der Waals surface area contributed by atoms with Gasteiger partial charge in [0.05, 0.1) is 28.7 Å². The summed E-state index contributed by atoms with van der Waals surface area (Å²) in [4.78, 5) is 0. The minimum atomic E-state index is -4.79. The maximum absolute atomic E-state index is 12.3. The Balaban J connectivity index is 2.34. The van der Waals surface area contributed by atoms with Crippen LogP contribution in [0.2, 0.25) is 0 Å². The maximum atomic E-state index is 12.3. The van der Waals surface area contributed by atoms with Crippen molar-refractivity contribution in [3.05, 3.63) is 48.0 Å². The molecule has 0 aliphatic carbocycles. The van der Waals surface area contributed by atoms with Gasteiger partial charge in [0.15, 0.2) is 5.75 Å². The number of benzene rings is 2. The Morgan fingerprint density at radius 1 is 1.10 bits per heavy atom. The van der Waals surface area contributed by atoms with Crippen molar-refractivity contribution < 1.29 is 17.9 Å². The summed E-state index contributed by atoms with van der Waals surface area (Å²) in [5.74, 6) is -0.383. The second-order valence-electron chi connectivity index (χ2n) is 4.08. The Morgan fingerprint density at radius 2 is 1.81 bits per heavy atom. The molecule has 2 aromatic rings. The van der Waals surface area contributed by atoms with Gasteiger partial charge in [-0.2, -0.15) is 5.26 Å². The number of hydrogen-bond acceptors (Lipinski definition) is 4. The van der Waals surface area contributed by atoms with E-state index in [0.717, 1.165) is 0 Å². The summed E-state index contributed by atoms with van der Waals surface area (Å²) in [6.45, 7) is 0. The lowest BCUT2D eigenvalue weighted by Gasteiger charge is -2.15. The molecular formula is C14H10F3N3O. The van der Waals surface area contributed by atoms with Crippen LogP contribution in [-0.2, 0) is 0 Å². The molecule has 0 spiro atoms. The van der Waals surface area contributed by atoms with Gasteiger partial charge in [-0.1, -0.05) is 12.1 Å². The summed E-state index contributed by atoms with van der Waals surface area (Å²) < 4.78 is 41.0. The molecule has 4 nitrogen and oxygen atoms in total. The van der Waals surface area contributed by atoms with Gasteiger partial charge in [-0.25, -0.2) is 0 Å². The van der Waals surface area contributed by atoms with Crippen molar-refractivity contribution in [3.63, 3.8) is 0 Å². The fourth-order valence-electron chi connectivity index (χ4n) is 1.66. The lowest BCUT2D eigenvalue weighted by molar-refractivity contribution is -0.274. The van der Waals surface area contributed by atoms with E-state index in [0.29, 0.717) is 16.9 Å². The molecule has 0 fully saturated rings. The topological polar surface area (TPSA) is 71.1 Å². The first-order chi connectivity index (χ1) is 9.89. The molecule has 0 saturated heterocycles. The highest BCUT2D eigenvalue weighted by Crippen LogP contribution is 2.33. The van der Waals surface area contributed by atoms with Crippen molar-refractivity contribution in [2.24, 2.45) is 0 Å². The summed E-state index contributed by atoms with van der Waals surface area (Å²) in [5, 5.41) is 11.6. The van der Waals surface area contributed by atoms with Crippen molar-refractivity contribution in [2.75, 3.05) is 11.1 Å². The second-order valence-corrected chi connectivity index (χ2v) is 4.08. The Labute approximate surface area is 118 Å². The van der Waals surface area contributed by atoms with Gasteiger partial charge in [-0.15, -0.1) is 13.2 Å². The maximum Gasteiger partial charge on any atom is 0.573 e. The summed E-state index contributed by atoms with van der Waals surface area (Å²) in [5.41, 5.74) is 6.79. The zero-order valence-corrected chi connectivity index (χ0v) is 10.6. The predicted octanol–water partition coefficient (Wildman–Crippen LogP) is 3.78. The molecule has 21 heavy (non-hydrogen) atoms. The van der Waals surface area contributed by atoms with Crippen LogP contribution in [0.3, 0.4) is 0 Å². The minimum Gasteiger partial charge on any atom is -0.404 e. The van der Waals surface area contributed by atoms with Gasteiger partial charge >= 0.3 is 6.36 Å². The Morgan fingerprint density at radius 3 is 2.48 bits per heavy atom.